The van der Waals surface area contributed by atoms with Crippen LogP contribution in [0.3, 0.4) is 0 Å². The molecule has 0 radical (unpaired) electrons. The average Bonchev–Trinajstić information content (AvgIpc) is 3.84. The molecule has 4 heteroatoms. The predicted molar refractivity (Wildman–Crippen MR) is 325 cm³/mol. The summed E-state index contributed by atoms with van der Waals surface area (Å²) < 4.78 is 5.18. The Bertz CT molecular complexity index is 4090. The van der Waals surface area contributed by atoms with Gasteiger partial charge in [-0.05, 0) is 156 Å². The lowest BCUT2D eigenvalue weighted by atomic mass is 9.30. The molecule has 0 N–H and O–H groups in total. The molecule has 5 heterocycles. The second-order valence-electron chi connectivity index (χ2n) is 28.1. The predicted octanol–water partition coefficient (Wildman–Crippen LogP) is 17.0. The minimum Gasteiger partial charge on any atom is -0.311 e. The molecule has 3 aliphatic heterocycles. The molecule has 2 aromatic heterocycles. The topological polar surface area (TPSA) is 13.1 Å². The van der Waals surface area contributed by atoms with E-state index in [9.17, 15) is 0 Å². The second kappa shape index (κ2) is 15.2. The van der Waals surface area contributed by atoms with Gasteiger partial charge in [0.2, 0.25) is 6.71 Å². The lowest BCUT2D eigenvalue weighted by molar-refractivity contribution is 0.573. The number of rotatable bonds is 2. The van der Waals surface area contributed by atoms with E-state index in [4.69, 9.17) is 0 Å². The van der Waals surface area contributed by atoms with Gasteiger partial charge >= 0.3 is 0 Å². The zero-order chi connectivity index (χ0) is 53.0. The summed E-state index contributed by atoms with van der Waals surface area (Å²) in [6.07, 6.45) is 0. The number of hydrogen-bond donors (Lipinski definition) is 0. The Morgan fingerprint density at radius 1 is 0.373 bits per heavy atom. The van der Waals surface area contributed by atoms with Gasteiger partial charge in [0.15, 0.2) is 0 Å². The molecule has 3 aliphatic rings. The van der Waals surface area contributed by atoms with Crippen LogP contribution < -0.4 is 21.3 Å². The Hall–Kier alpha value is -6.78. The highest BCUT2D eigenvalue weighted by Crippen LogP contribution is 2.52. The van der Waals surface area contributed by atoms with Gasteiger partial charge in [-0.25, -0.2) is 0 Å². The molecule has 0 spiro atoms. The van der Waals surface area contributed by atoms with Gasteiger partial charge in [-0.15, -0.1) is 0 Å². The van der Waals surface area contributed by atoms with Gasteiger partial charge in [-0.2, -0.15) is 0 Å². The maximum absolute atomic E-state index is 2.66. The van der Waals surface area contributed by atoms with E-state index in [1.807, 2.05) is 0 Å². The van der Waals surface area contributed by atoms with Crippen LogP contribution in [-0.4, -0.2) is 15.8 Å². The first-order chi connectivity index (χ1) is 35.1. The molecule has 0 fully saturated rings. The highest BCUT2D eigenvalue weighted by atomic mass is 15.2. The first-order valence-electron chi connectivity index (χ1n) is 27.7. The van der Waals surface area contributed by atoms with Gasteiger partial charge in [0, 0.05) is 55.1 Å². The number of para-hydroxylation sites is 1. The van der Waals surface area contributed by atoms with E-state index in [1.54, 1.807) is 0 Å². The van der Waals surface area contributed by atoms with Crippen molar-refractivity contribution in [3.8, 4) is 11.4 Å². The van der Waals surface area contributed by atoms with E-state index in [0.717, 1.165) is 0 Å². The van der Waals surface area contributed by atoms with Crippen LogP contribution in [0.4, 0.5) is 17.1 Å². The molecule has 0 aliphatic carbocycles. The number of anilines is 3. The van der Waals surface area contributed by atoms with E-state index in [0.29, 0.717) is 0 Å². The third-order valence-corrected chi connectivity index (χ3v) is 18.2. The normalized spacial score (nSPS) is 15.7. The third-order valence-electron chi connectivity index (χ3n) is 18.2. The van der Waals surface area contributed by atoms with Crippen molar-refractivity contribution in [1.29, 1.82) is 0 Å². The first-order valence-corrected chi connectivity index (χ1v) is 27.7. The number of benzene rings is 8. The van der Waals surface area contributed by atoms with Crippen LogP contribution in [0.1, 0.15) is 161 Å². The monoisotopic (exact) mass is 980 g/mol. The van der Waals surface area contributed by atoms with Crippen LogP contribution in [0, 0.1) is 6.92 Å². The quantitative estimate of drug-likeness (QED) is 0.157. The first kappa shape index (κ1) is 47.9. The standard InChI is InChI=1S/C71H74BN3/c1-41-31-54-64-63(32-41)74(47-27-23-42(24-28-47)66(2,3)4)62-40-61-50(51-34-45(69(11,12)13)36-55-65(51)75(61)59-30-26-44(68(8,9)10)35-53(59)71(55,16)17)38-57(62)72(64)56-37-49-48-33-43(67(5,6)7)25-29-58(48)73(46-21-19-18-20-22-46)60(49)39-52(56)70(54,14)15/h18-40H,1-17H3. The number of fused-ring (bicyclic) bond motifs is 12. The average molecular weight is 980 g/mol. The minimum absolute atomic E-state index is 0.00253. The zero-order valence-corrected chi connectivity index (χ0v) is 47.7. The van der Waals surface area contributed by atoms with Crippen molar-refractivity contribution in [3.63, 3.8) is 0 Å². The molecule has 13 rings (SSSR count). The summed E-state index contributed by atoms with van der Waals surface area (Å²) in [7, 11) is 0. The van der Waals surface area contributed by atoms with Gasteiger partial charge < -0.3 is 14.0 Å². The summed E-state index contributed by atoms with van der Waals surface area (Å²) in [6, 6.07) is 55.7. The maximum Gasteiger partial charge on any atom is 0.247 e. The Labute approximate surface area is 446 Å². The molecule has 0 saturated carbocycles. The molecule has 0 bridgehead atoms. The molecule has 376 valence electrons. The van der Waals surface area contributed by atoms with Gasteiger partial charge in [0.05, 0.1) is 27.8 Å². The molecule has 0 atom stereocenters. The Balaban J connectivity index is 1.19. The summed E-state index contributed by atoms with van der Waals surface area (Å²) >= 11 is 0. The van der Waals surface area contributed by atoms with Gasteiger partial charge in [0.25, 0.3) is 0 Å². The fourth-order valence-electron chi connectivity index (χ4n) is 13.7. The lowest BCUT2D eigenvalue weighted by Gasteiger charge is -2.46. The second-order valence-corrected chi connectivity index (χ2v) is 28.1. The SMILES string of the molecule is Cc1cc2c3c(c1)C(C)(C)c1cc4c(cc1B3c1cc3c5cc(C(C)(C)C)cc6c5n(c3cc1N2c1ccc(C(C)(C)C)cc1)-c1ccc(C(C)(C)C)cc1C6(C)C)c1cc(C(C)(C)C)ccc1n4-c1ccccc1. The summed E-state index contributed by atoms with van der Waals surface area (Å²) in [5.41, 5.74) is 27.3. The molecule has 3 nitrogen and oxygen atoms in total. The summed E-state index contributed by atoms with van der Waals surface area (Å²) in [4.78, 5) is 2.64. The van der Waals surface area contributed by atoms with Gasteiger partial charge in [-0.3, -0.25) is 0 Å². The Morgan fingerprint density at radius 2 is 0.920 bits per heavy atom. The van der Waals surface area contributed by atoms with Crippen LogP contribution in [0.15, 0.2) is 140 Å². The molecule has 8 aromatic carbocycles. The molecule has 75 heavy (non-hydrogen) atoms. The fourth-order valence-corrected chi connectivity index (χ4v) is 13.7. The van der Waals surface area contributed by atoms with Crippen LogP contribution in [0.5, 0.6) is 0 Å². The van der Waals surface area contributed by atoms with Gasteiger partial charge in [-0.1, -0.05) is 189 Å². The zero-order valence-electron chi connectivity index (χ0n) is 47.7. The maximum atomic E-state index is 2.66. The largest absolute Gasteiger partial charge is 0.311 e. The van der Waals surface area contributed by atoms with Crippen molar-refractivity contribution in [1.82, 2.24) is 9.13 Å². The Kier molecular flexibility index (Phi) is 9.72. The molecular formula is C71H74BN3. The number of nitrogens with zero attached hydrogens (tertiary/aromatic N) is 3. The molecular weight excluding hydrogens is 906 g/mol. The molecule has 0 amide bonds. The van der Waals surface area contributed by atoms with Crippen molar-refractivity contribution in [2.24, 2.45) is 0 Å². The van der Waals surface area contributed by atoms with E-state index < -0.39 is 0 Å². The molecule has 0 saturated heterocycles. The lowest BCUT2D eigenvalue weighted by Crippen LogP contribution is -2.64. The third kappa shape index (κ3) is 6.79. The van der Waals surface area contributed by atoms with Crippen molar-refractivity contribution in [2.75, 3.05) is 4.90 Å². The number of aryl methyl sites for hydroxylation is 1. The summed E-state index contributed by atoms with van der Waals surface area (Å²) in [6.45, 7) is 40.4. The highest BCUT2D eigenvalue weighted by Gasteiger charge is 2.48. The number of aromatic nitrogens is 2. The highest BCUT2D eigenvalue weighted by molar-refractivity contribution is 6.99. The van der Waals surface area contributed by atoms with E-state index in [-0.39, 0.29) is 39.2 Å². The number of hydrogen-bond acceptors (Lipinski definition) is 1. The summed E-state index contributed by atoms with van der Waals surface area (Å²) in [5, 5.41) is 5.29. The minimum atomic E-state index is -0.305. The van der Waals surface area contributed by atoms with Crippen LogP contribution in [0.2, 0.25) is 0 Å². The van der Waals surface area contributed by atoms with E-state index >= 15 is 0 Å². The van der Waals surface area contributed by atoms with E-state index in [2.05, 4.69) is 271 Å². The Morgan fingerprint density at radius 3 is 1.59 bits per heavy atom. The molecule has 0 unspecified atom stereocenters. The van der Waals surface area contributed by atoms with Crippen molar-refractivity contribution < 1.29 is 0 Å². The van der Waals surface area contributed by atoms with Crippen LogP contribution in [0.25, 0.3) is 55.0 Å². The van der Waals surface area contributed by atoms with E-state index in [1.165, 1.54) is 139 Å². The van der Waals surface area contributed by atoms with Crippen molar-refractivity contribution in [2.45, 2.75) is 150 Å². The van der Waals surface area contributed by atoms with Gasteiger partial charge in [0.1, 0.15) is 0 Å². The van der Waals surface area contributed by atoms with Crippen molar-refractivity contribution in [3.05, 3.63) is 190 Å². The van der Waals surface area contributed by atoms with Crippen LogP contribution >= 0.6 is 0 Å². The summed E-state index contributed by atoms with van der Waals surface area (Å²) in [5.74, 6) is 0. The fraction of sp³-hybridized carbons (Fsp3) is 0.324. The van der Waals surface area contributed by atoms with Crippen LogP contribution in [-0.2, 0) is 32.5 Å². The smallest absolute Gasteiger partial charge is 0.247 e. The van der Waals surface area contributed by atoms with Crippen molar-refractivity contribution >= 4 is 83.8 Å². The molecule has 10 aromatic rings.